The second-order valence-corrected chi connectivity index (χ2v) is 5.99. The number of nitriles is 1. The first-order valence-electron chi connectivity index (χ1n) is 6.72. The van der Waals surface area contributed by atoms with Gasteiger partial charge < -0.3 is 10.4 Å². The standard InChI is InChI=1S/C16H12N2O3S/c17-7-12-13(9-4-2-1-3-5-9)8-22-15(12)18-14(19)10-6-11(10)16(20)21/h1-5,8,10-11H,6H2,(H,18,19)(H,20,21). The summed E-state index contributed by atoms with van der Waals surface area (Å²) in [7, 11) is 0. The van der Waals surface area contributed by atoms with Crippen molar-refractivity contribution in [2.75, 3.05) is 5.32 Å². The van der Waals surface area contributed by atoms with Crippen molar-refractivity contribution in [2.45, 2.75) is 6.42 Å². The van der Waals surface area contributed by atoms with Crippen molar-refractivity contribution in [1.82, 2.24) is 0 Å². The highest BCUT2D eigenvalue weighted by atomic mass is 32.1. The van der Waals surface area contributed by atoms with Crippen LogP contribution in [0.3, 0.4) is 0 Å². The first-order chi connectivity index (χ1) is 10.6. The quantitative estimate of drug-likeness (QED) is 0.908. The van der Waals surface area contributed by atoms with Crippen LogP contribution in [0.5, 0.6) is 0 Å². The molecule has 5 nitrogen and oxygen atoms in total. The molecule has 1 aliphatic carbocycles. The van der Waals surface area contributed by atoms with Gasteiger partial charge in [-0.25, -0.2) is 0 Å². The molecule has 2 aromatic rings. The molecule has 0 radical (unpaired) electrons. The second-order valence-electron chi connectivity index (χ2n) is 5.11. The van der Waals surface area contributed by atoms with Crippen LogP contribution in [0.4, 0.5) is 5.00 Å². The molecule has 1 amide bonds. The van der Waals surface area contributed by atoms with Crippen LogP contribution >= 0.6 is 11.3 Å². The minimum Gasteiger partial charge on any atom is -0.481 e. The van der Waals surface area contributed by atoms with Crippen LogP contribution in [0.15, 0.2) is 35.7 Å². The van der Waals surface area contributed by atoms with Gasteiger partial charge in [-0.2, -0.15) is 5.26 Å². The van der Waals surface area contributed by atoms with E-state index in [-0.39, 0.29) is 5.91 Å². The number of nitrogens with one attached hydrogen (secondary N) is 1. The monoisotopic (exact) mass is 312 g/mol. The van der Waals surface area contributed by atoms with E-state index >= 15 is 0 Å². The van der Waals surface area contributed by atoms with Gasteiger partial charge in [-0.05, 0) is 12.0 Å². The summed E-state index contributed by atoms with van der Waals surface area (Å²) in [4.78, 5) is 22.8. The minimum atomic E-state index is -0.947. The molecule has 0 aliphatic heterocycles. The number of amides is 1. The van der Waals surface area contributed by atoms with Gasteiger partial charge in [-0.15, -0.1) is 11.3 Å². The van der Waals surface area contributed by atoms with Gasteiger partial charge in [-0.3, -0.25) is 9.59 Å². The van der Waals surface area contributed by atoms with E-state index in [1.54, 1.807) is 0 Å². The first kappa shape index (κ1) is 14.3. The van der Waals surface area contributed by atoms with Crippen molar-refractivity contribution in [1.29, 1.82) is 5.26 Å². The normalized spacial score (nSPS) is 19.2. The molecule has 1 aromatic carbocycles. The molecule has 6 heteroatoms. The molecule has 2 unspecified atom stereocenters. The van der Waals surface area contributed by atoms with Crippen LogP contribution in [0, 0.1) is 23.2 Å². The fourth-order valence-corrected chi connectivity index (χ4v) is 3.28. The number of anilines is 1. The van der Waals surface area contributed by atoms with Gasteiger partial charge in [0.1, 0.15) is 11.1 Å². The molecule has 0 saturated heterocycles. The maximum absolute atomic E-state index is 12.0. The number of thiophene rings is 1. The number of carboxylic acid groups (broad SMARTS) is 1. The van der Waals surface area contributed by atoms with Crippen LogP contribution in [-0.4, -0.2) is 17.0 Å². The zero-order valence-electron chi connectivity index (χ0n) is 11.4. The molecule has 2 N–H and O–H groups in total. The summed E-state index contributed by atoms with van der Waals surface area (Å²) < 4.78 is 0. The topological polar surface area (TPSA) is 90.2 Å². The zero-order valence-corrected chi connectivity index (χ0v) is 12.3. The maximum Gasteiger partial charge on any atom is 0.307 e. The van der Waals surface area contributed by atoms with Crippen LogP contribution in [0.25, 0.3) is 11.1 Å². The number of hydrogen-bond acceptors (Lipinski definition) is 4. The van der Waals surface area contributed by atoms with E-state index in [4.69, 9.17) is 5.11 Å². The van der Waals surface area contributed by atoms with Crippen molar-refractivity contribution in [2.24, 2.45) is 11.8 Å². The number of carboxylic acids is 1. The van der Waals surface area contributed by atoms with E-state index in [1.165, 1.54) is 11.3 Å². The molecule has 2 atom stereocenters. The average Bonchev–Trinajstić information content (AvgIpc) is 3.24. The first-order valence-corrected chi connectivity index (χ1v) is 7.60. The number of aliphatic carboxylic acids is 1. The summed E-state index contributed by atoms with van der Waals surface area (Å²) in [5, 5.41) is 23.2. The molecular weight excluding hydrogens is 300 g/mol. The largest absolute Gasteiger partial charge is 0.481 e. The Bertz CT molecular complexity index is 776. The molecule has 3 rings (SSSR count). The number of rotatable bonds is 4. The summed E-state index contributed by atoms with van der Waals surface area (Å²) in [6.07, 6.45) is 0.361. The lowest BCUT2D eigenvalue weighted by Crippen LogP contribution is -2.16. The van der Waals surface area contributed by atoms with Crippen molar-refractivity contribution in [3.63, 3.8) is 0 Å². The van der Waals surface area contributed by atoms with Crippen molar-refractivity contribution in [3.8, 4) is 17.2 Å². The van der Waals surface area contributed by atoms with Crippen molar-refractivity contribution < 1.29 is 14.7 Å². The van der Waals surface area contributed by atoms with Gasteiger partial charge >= 0.3 is 5.97 Å². The van der Waals surface area contributed by atoms with Gasteiger partial charge in [0, 0.05) is 10.9 Å². The molecular formula is C16H12N2O3S. The average molecular weight is 312 g/mol. The summed E-state index contributed by atoms with van der Waals surface area (Å²) >= 11 is 1.28. The van der Waals surface area contributed by atoms with Crippen LogP contribution in [0.2, 0.25) is 0 Å². The third-order valence-corrected chi connectivity index (χ3v) is 4.56. The summed E-state index contributed by atoms with van der Waals surface area (Å²) in [6, 6.07) is 11.6. The predicted molar refractivity (Wildman–Crippen MR) is 82.3 cm³/mol. The molecule has 1 heterocycles. The fraction of sp³-hybridized carbons (Fsp3) is 0.188. The van der Waals surface area contributed by atoms with E-state index < -0.39 is 17.8 Å². The highest BCUT2D eigenvalue weighted by Gasteiger charge is 2.48. The van der Waals surface area contributed by atoms with E-state index in [0.29, 0.717) is 17.0 Å². The number of benzene rings is 1. The molecule has 110 valence electrons. The lowest BCUT2D eigenvalue weighted by molar-refractivity contribution is -0.139. The Morgan fingerprint density at radius 2 is 2.00 bits per heavy atom. The zero-order chi connectivity index (χ0) is 15.7. The Morgan fingerprint density at radius 3 is 2.59 bits per heavy atom. The predicted octanol–water partition coefficient (Wildman–Crippen LogP) is 2.95. The summed E-state index contributed by atoms with van der Waals surface area (Å²) in [6.45, 7) is 0. The number of carbonyl (C=O) groups excluding carboxylic acids is 1. The Kier molecular flexibility index (Phi) is 3.65. The smallest absolute Gasteiger partial charge is 0.307 e. The lowest BCUT2D eigenvalue weighted by Gasteiger charge is -2.03. The van der Waals surface area contributed by atoms with Gasteiger partial charge in [0.25, 0.3) is 0 Å². The molecule has 1 aliphatic rings. The minimum absolute atomic E-state index is 0.328. The summed E-state index contributed by atoms with van der Waals surface area (Å²) in [5.41, 5.74) is 2.09. The van der Waals surface area contributed by atoms with E-state index in [9.17, 15) is 14.9 Å². The Hall–Kier alpha value is -2.65. The fourth-order valence-electron chi connectivity index (χ4n) is 2.35. The molecule has 0 spiro atoms. The Balaban J connectivity index is 1.82. The van der Waals surface area contributed by atoms with E-state index in [1.807, 2.05) is 35.7 Å². The third-order valence-electron chi connectivity index (χ3n) is 3.67. The molecule has 0 bridgehead atoms. The molecule has 22 heavy (non-hydrogen) atoms. The molecule has 1 aromatic heterocycles. The second kappa shape index (κ2) is 5.62. The van der Waals surface area contributed by atoms with Crippen molar-refractivity contribution >= 4 is 28.2 Å². The maximum atomic E-state index is 12.0. The molecule has 1 saturated carbocycles. The van der Waals surface area contributed by atoms with Crippen LogP contribution in [0.1, 0.15) is 12.0 Å². The lowest BCUT2D eigenvalue weighted by atomic mass is 10.1. The third kappa shape index (κ3) is 2.59. The summed E-state index contributed by atoms with van der Waals surface area (Å²) in [5.74, 6) is -2.37. The SMILES string of the molecule is N#Cc1c(-c2ccccc2)csc1NC(=O)C1CC1C(=O)O. The Morgan fingerprint density at radius 1 is 1.27 bits per heavy atom. The highest BCUT2D eigenvalue weighted by molar-refractivity contribution is 7.15. The van der Waals surface area contributed by atoms with Gasteiger partial charge in [0.2, 0.25) is 5.91 Å². The van der Waals surface area contributed by atoms with E-state index in [2.05, 4.69) is 11.4 Å². The number of nitrogens with zero attached hydrogens (tertiary/aromatic N) is 1. The Labute approximate surface area is 130 Å². The number of hydrogen-bond donors (Lipinski definition) is 2. The van der Waals surface area contributed by atoms with Gasteiger partial charge in [0.15, 0.2) is 0 Å². The molecule has 1 fully saturated rings. The van der Waals surface area contributed by atoms with Crippen LogP contribution in [-0.2, 0) is 9.59 Å². The van der Waals surface area contributed by atoms with Crippen LogP contribution < -0.4 is 5.32 Å². The van der Waals surface area contributed by atoms with Gasteiger partial charge in [-0.1, -0.05) is 30.3 Å². The van der Waals surface area contributed by atoms with Gasteiger partial charge in [0.05, 0.1) is 17.4 Å². The number of carbonyl (C=O) groups is 2. The van der Waals surface area contributed by atoms with E-state index in [0.717, 1.165) is 11.1 Å². The van der Waals surface area contributed by atoms with Crippen molar-refractivity contribution in [3.05, 3.63) is 41.3 Å². The highest BCUT2D eigenvalue weighted by Crippen LogP contribution is 2.41.